The van der Waals surface area contributed by atoms with E-state index in [9.17, 15) is 9.18 Å². The second-order valence-corrected chi connectivity index (χ2v) is 4.78. The third kappa shape index (κ3) is 3.58. The summed E-state index contributed by atoms with van der Waals surface area (Å²) < 4.78 is 13.3. The van der Waals surface area contributed by atoms with Crippen LogP contribution in [0.2, 0.25) is 0 Å². The van der Waals surface area contributed by atoms with Crippen molar-refractivity contribution in [3.05, 3.63) is 35.1 Å². The van der Waals surface area contributed by atoms with Crippen LogP contribution in [-0.2, 0) is 0 Å². The van der Waals surface area contributed by atoms with Crippen molar-refractivity contribution < 1.29 is 9.18 Å². The van der Waals surface area contributed by atoms with Crippen LogP contribution < -0.4 is 5.32 Å². The molecule has 5 heteroatoms. The largest absolute Gasteiger partial charge is 0.344 e. The Morgan fingerprint density at radius 3 is 2.47 bits per heavy atom. The van der Waals surface area contributed by atoms with Gasteiger partial charge in [0.25, 0.3) is 5.91 Å². The Morgan fingerprint density at radius 1 is 1.41 bits per heavy atom. The van der Waals surface area contributed by atoms with Crippen LogP contribution >= 0.6 is 23.2 Å². The number of amides is 1. The first-order valence-electron chi connectivity index (χ1n) is 5.12. The molecule has 0 heterocycles. The number of hydrogen-bond acceptors (Lipinski definition) is 1. The van der Waals surface area contributed by atoms with Crippen molar-refractivity contribution in [2.45, 2.75) is 19.4 Å². The van der Waals surface area contributed by atoms with Crippen LogP contribution in [0.5, 0.6) is 0 Å². The predicted octanol–water partition coefficient (Wildman–Crippen LogP) is 3.10. The lowest BCUT2D eigenvalue weighted by Crippen LogP contribution is -2.49. The minimum absolute atomic E-state index is 0.191. The summed E-state index contributed by atoms with van der Waals surface area (Å²) in [5.41, 5.74) is 0.0650. The van der Waals surface area contributed by atoms with E-state index in [4.69, 9.17) is 23.2 Å². The standard InChI is InChI=1S/C12H14Cl2FNO/c1-8-3-4-9(5-10(8)15)11(17)16-12(2,6-13)7-14/h3-5H,6-7H2,1-2H3,(H,16,17). The molecular weight excluding hydrogens is 264 g/mol. The van der Waals surface area contributed by atoms with E-state index in [-0.39, 0.29) is 23.2 Å². The number of halogens is 3. The van der Waals surface area contributed by atoms with Gasteiger partial charge in [-0.3, -0.25) is 4.79 Å². The molecule has 1 N–H and O–H groups in total. The number of hydrogen-bond donors (Lipinski definition) is 1. The minimum Gasteiger partial charge on any atom is -0.344 e. The zero-order valence-corrected chi connectivity index (χ0v) is 11.2. The molecule has 17 heavy (non-hydrogen) atoms. The molecule has 0 aliphatic heterocycles. The van der Waals surface area contributed by atoms with Crippen molar-refractivity contribution in [2.24, 2.45) is 0 Å². The molecule has 0 aliphatic carbocycles. The van der Waals surface area contributed by atoms with Gasteiger partial charge in [-0.2, -0.15) is 0 Å². The van der Waals surface area contributed by atoms with Crippen molar-refractivity contribution >= 4 is 29.1 Å². The monoisotopic (exact) mass is 277 g/mol. The summed E-state index contributed by atoms with van der Waals surface area (Å²) >= 11 is 11.4. The summed E-state index contributed by atoms with van der Waals surface area (Å²) in [6, 6.07) is 4.33. The van der Waals surface area contributed by atoms with E-state index in [1.54, 1.807) is 26.0 Å². The van der Waals surface area contributed by atoms with Gasteiger partial charge in [0.15, 0.2) is 0 Å². The number of rotatable bonds is 4. The molecule has 0 aromatic heterocycles. The third-order valence-corrected chi connectivity index (χ3v) is 3.62. The van der Waals surface area contributed by atoms with Crippen LogP contribution in [-0.4, -0.2) is 23.2 Å². The fourth-order valence-electron chi connectivity index (χ4n) is 1.18. The molecule has 1 aromatic carbocycles. The summed E-state index contributed by atoms with van der Waals surface area (Å²) in [7, 11) is 0. The Kier molecular flexibility index (Phi) is 4.78. The first-order valence-corrected chi connectivity index (χ1v) is 6.19. The molecule has 0 saturated carbocycles. The molecule has 0 fully saturated rings. The maximum Gasteiger partial charge on any atom is 0.251 e. The number of nitrogens with one attached hydrogen (secondary N) is 1. The van der Waals surface area contributed by atoms with Gasteiger partial charge in [-0.05, 0) is 31.5 Å². The molecule has 0 unspecified atom stereocenters. The van der Waals surface area contributed by atoms with Crippen molar-refractivity contribution in [3.8, 4) is 0 Å². The molecule has 0 bridgehead atoms. The molecular formula is C12H14Cl2FNO. The van der Waals surface area contributed by atoms with Gasteiger partial charge in [0.2, 0.25) is 0 Å². The van der Waals surface area contributed by atoms with Gasteiger partial charge >= 0.3 is 0 Å². The number of aryl methyl sites for hydroxylation is 1. The lowest BCUT2D eigenvalue weighted by Gasteiger charge is -2.25. The van der Waals surface area contributed by atoms with Crippen LogP contribution in [0.3, 0.4) is 0 Å². The highest BCUT2D eigenvalue weighted by Crippen LogP contribution is 2.13. The van der Waals surface area contributed by atoms with Gasteiger partial charge in [-0.25, -0.2) is 4.39 Å². The van der Waals surface area contributed by atoms with Gasteiger partial charge in [0.05, 0.1) is 5.54 Å². The summed E-state index contributed by atoms with van der Waals surface area (Å²) in [6.45, 7) is 3.37. The molecule has 2 nitrogen and oxygen atoms in total. The number of carbonyl (C=O) groups excluding carboxylic acids is 1. The summed E-state index contributed by atoms with van der Waals surface area (Å²) in [6.07, 6.45) is 0. The maximum absolute atomic E-state index is 13.3. The molecule has 94 valence electrons. The topological polar surface area (TPSA) is 29.1 Å². The summed E-state index contributed by atoms with van der Waals surface area (Å²) in [5.74, 6) is -0.406. The zero-order chi connectivity index (χ0) is 13.1. The second kappa shape index (κ2) is 5.69. The first-order chi connectivity index (χ1) is 7.91. The molecule has 0 saturated heterocycles. The minimum atomic E-state index is -0.693. The summed E-state index contributed by atoms with van der Waals surface area (Å²) in [5, 5.41) is 2.69. The van der Waals surface area contributed by atoms with Gasteiger partial charge in [0.1, 0.15) is 5.82 Å². The quantitative estimate of drug-likeness (QED) is 0.842. The van der Waals surface area contributed by atoms with Gasteiger partial charge in [-0.1, -0.05) is 6.07 Å². The highest BCUT2D eigenvalue weighted by atomic mass is 35.5. The Balaban J connectivity index is 2.86. The van der Waals surface area contributed by atoms with Crippen LogP contribution in [0, 0.1) is 12.7 Å². The highest BCUT2D eigenvalue weighted by molar-refractivity contribution is 6.22. The Bertz CT molecular complexity index is 419. The highest BCUT2D eigenvalue weighted by Gasteiger charge is 2.25. The Morgan fingerprint density at radius 2 is 2.00 bits per heavy atom. The maximum atomic E-state index is 13.3. The van der Waals surface area contributed by atoms with Crippen LogP contribution in [0.4, 0.5) is 4.39 Å². The SMILES string of the molecule is Cc1ccc(C(=O)NC(C)(CCl)CCl)cc1F. The summed E-state index contributed by atoms with van der Waals surface area (Å²) in [4.78, 5) is 11.8. The van der Waals surface area contributed by atoms with E-state index in [0.717, 1.165) is 0 Å². The lowest BCUT2D eigenvalue weighted by atomic mass is 10.1. The predicted molar refractivity (Wildman–Crippen MR) is 68.4 cm³/mol. The fraction of sp³-hybridized carbons (Fsp3) is 0.417. The molecule has 1 aromatic rings. The normalized spacial score (nSPS) is 11.4. The lowest BCUT2D eigenvalue weighted by molar-refractivity contribution is 0.0921. The zero-order valence-electron chi connectivity index (χ0n) is 9.69. The molecule has 1 rings (SSSR count). The van der Waals surface area contributed by atoms with Crippen molar-refractivity contribution in [1.29, 1.82) is 0 Å². The molecule has 0 atom stereocenters. The average molecular weight is 278 g/mol. The second-order valence-electron chi connectivity index (χ2n) is 4.25. The van der Waals surface area contributed by atoms with Crippen LogP contribution in [0.1, 0.15) is 22.8 Å². The molecule has 1 amide bonds. The van der Waals surface area contributed by atoms with Gasteiger partial charge in [0, 0.05) is 17.3 Å². The van der Waals surface area contributed by atoms with E-state index in [1.807, 2.05) is 0 Å². The smallest absolute Gasteiger partial charge is 0.251 e. The first kappa shape index (κ1) is 14.3. The average Bonchev–Trinajstić information content (AvgIpc) is 2.32. The molecule has 0 spiro atoms. The van der Waals surface area contributed by atoms with E-state index in [2.05, 4.69) is 5.32 Å². The van der Waals surface area contributed by atoms with E-state index in [1.165, 1.54) is 6.07 Å². The molecule has 0 aliphatic rings. The van der Waals surface area contributed by atoms with Crippen molar-refractivity contribution in [1.82, 2.24) is 5.32 Å². The van der Waals surface area contributed by atoms with E-state index < -0.39 is 11.4 Å². The van der Waals surface area contributed by atoms with Crippen LogP contribution in [0.15, 0.2) is 18.2 Å². The Labute approximate surface area is 110 Å². The Hall–Kier alpha value is -0.800. The number of carbonyl (C=O) groups is 1. The fourth-order valence-corrected chi connectivity index (χ4v) is 1.60. The van der Waals surface area contributed by atoms with E-state index >= 15 is 0 Å². The van der Waals surface area contributed by atoms with E-state index in [0.29, 0.717) is 5.56 Å². The third-order valence-electron chi connectivity index (χ3n) is 2.44. The molecule has 0 radical (unpaired) electrons. The van der Waals surface area contributed by atoms with Crippen molar-refractivity contribution in [3.63, 3.8) is 0 Å². The van der Waals surface area contributed by atoms with Crippen LogP contribution in [0.25, 0.3) is 0 Å². The van der Waals surface area contributed by atoms with Crippen molar-refractivity contribution in [2.75, 3.05) is 11.8 Å². The van der Waals surface area contributed by atoms with Gasteiger partial charge < -0.3 is 5.32 Å². The number of benzene rings is 1. The van der Waals surface area contributed by atoms with Gasteiger partial charge in [-0.15, -0.1) is 23.2 Å². The number of alkyl halides is 2.